The largest absolute Gasteiger partial charge is 0.497 e. The number of aryl methyl sites for hydroxylation is 1. The first-order valence-corrected chi connectivity index (χ1v) is 6.49. The van der Waals surface area contributed by atoms with Crippen molar-refractivity contribution in [2.24, 2.45) is 0 Å². The zero-order valence-electron chi connectivity index (χ0n) is 12.0. The van der Waals surface area contributed by atoms with E-state index in [1.807, 2.05) is 43.3 Å². The Morgan fingerprint density at radius 1 is 1.24 bits per heavy atom. The summed E-state index contributed by atoms with van der Waals surface area (Å²) in [5, 5.41) is 5.32. The second-order valence-corrected chi connectivity index (χ2v) is 4.37. The van der Waals surface area contributed by atoms with E-state index < -0.39 is 0 Å². The number of pyridine rings is 1. The Bertz CT molecular complexity index is 636. The van der Waals surface area contributed by atoms with E-state index in [0.29, 0.717) is 5.82 Å². The van der Waals surface area contributed by atoms with Crippen molar-refractivity contribution in [3.63, 3.8) is 0 Å². The summed E-state index contributed by atoms with van der Waals surface area (Å²) >= 11 is 0. The highest BCUT2D eigenvalue weighted by molar-refractivity contribution is 5.89. The number of methoxy groups -OCH3 is 1. The van der Waals surface area contributed by atoms with Crippen molar-refractivity contribution in [3.8, 4) is 5.75 Å². The molecule has 108 valence electrons. The van der Waals surface area contributed by atoms with E-state index in [1.54, 1.807) is 25.6 Å². The summed E-state index contributed by atoms with van der Waals surface area (Å²) < 4.78 is 5.08. The van der Waals surface area contributed by atoms with Gasteiger partial charge in [-0.3, -0.25) is 5.32 Å². The van der Waals surface area contributed by atoms with Gasteiger partial charge in [0.1, 0.15) is 11.6 Å². The van der Waals surface area contributed by atoms with Gasteiger partial charge in [0.05, 0.1) is 7.11 Å². The number of hydrogen-bond acceptors (Lipinski definition) is 3. The predicted molar refractivity (Wildman–Crippen MR) is 83.2 cm³/mol. The number of nitrogens with zero attached hydrogens (tertiary/aromatic N) is 1. The lowest BCUT2D eigenvalue weighted by Crippen LogP contribution is -2.24. The van der Waals surface area contributed by atoms with Crippen LogP contribution in [0.1, 0.15) is 11.1 Å². The van der Waals surface area contributed by atoms with Crippen LogP contribution in [0.2, 0.25) is 0 Å². The topological polar surface area (TPSA) is 63.2 Å². The molecule has 0 spiro atoms. The summed E-state index contributed by atoms with van der Waals surface area (Å²) in [5.41, 5.74) is 1.87. The van der Waals surface area contributed by atoms with Gasteiger partial charge in [-0.15, -0.1) is 0 Å². The zero-order valence-corrected chi connectivity index (χ0v) is 12.0. The maximum atomic E-state index is 11.7. The van der Waals surface area contributed by atoms with Crippen LogP contribution < -0.4 is 15.4 Å². The molecule has 0 saturated carbocycles. The Hall–Kier alpha value is -2.82. The number of ether oxygens (including phenoxy) is 1. The lowest BCUT2D eigenvalue weighted by molar-refractivity contribution is 0.255. The number of carbonyl (C=O) groups excluding carboxylic acids is 1. The minimum absolute atomic E-state index is 0.332. The van der Waals surface area contributed by atoms with Crippen molar-refractivity contribution in [2.45, 2.75) is 6.92 Å². The Morgan fingerprint density at radius 3 is 2.67 bits per heavy atom. The molecule has 2 rings (SSSR count). The highest BCUT2D eigenvalue weighted by Gasteiger charge is 2.02. The molecular formula is C16H17N3O2. The van der Waals surface area contributed by atoms with Crippen LogP contribution in [0.5, 0.6) is 5.75 Å². The maximum absolute atomic E-state index is 11.7. The number of hydrogen-bond donors (Lipinski definition) is 2. The van der Waals surface area contributed by atoms with Crippen molar-refractivity contribution >= 4 is 17.9 Å². The fourth-order valence-corrected chi connectivity index (χ4v) is 1.69. The second-order valence-electron chi connectivity index (χ2n) is 4.37. The molecule has 1 heterocycles. The van der Waals surface area contributed by atoms with E-state index in [0.717, 1.165) is 16.9 Å². The van der Waals surface area contributed by atoms with Crippen LogP contribution in [-0.4, -0.2) is 18.1 Å². The number of nitrogens with one attached hydrogen (secondary N) is 2. The second kappa shape index (κ2) is 7.09. The van der Waals surface area contributed by atoms with Crippen molar-refractivity contribution < 1.29 is 9.53 Å². The van der Waals surface area contributed by atoms with Gasteiger partial charge < -0.3 is 10.1 Å². The van der Waals surface area contributed by atoms with Crippen LogP contribution in [-0.2, 0) is 0 Å². The molecule has 1 aromatic carbocycles. The average Bonchev–Trinajstić information content (AvgIpc) is 2.50. The molecule has 0 radical (unpaired) electrons. The molecule has 0 aliphatic carbocycles. The van der Waals surface area contributed by atoms with Crippen molar-refractivity contribution in [1.29, 1.82) is 0 Å². The van der Waals surface area contributed by atoms with E-state index in [-0.39, 0.29) is 6.03 Å². The first kappa shape index (κ1) is 14.6. The Kier molecular flexibility index (Phi) is 4.93. The quantitative estimate of drug-likeness (QED) is 0.905. The van der Waals surface area contributed by atoms with Crippen LogP contribution in [0, 0.1) is 6.92 Å². The van der Waals surface area contributed by atoms with Crippen LogP contribution >= 0.6 is 0 Å². The summed E-state index contributed by atoms with van der Waals surface area (Å²) in [7, 11) is 1.62. The minimum Gasteiger partial charge on any atom is -0.497 e. The van der Waals surface area contributed by atoms with E-state index in [4.69, 9.17) is 4.74 Å². The Labute approximate surface area is 123 Å². The number of amides is 2. The van der Waals surface area contributed by atoms with E-state index in [1.165, 1.54) is 0 Å². The summed E-state index contributed by atoms with van der Waals surface area (Å²) in [6.07, 6.45) is 5.01. The molecule has 0 aliphatic heterocycles. The number of carbonyl (C=O) groups is 1. The number of urea groups is 1. The molecule has 2 N–H and O–H groups in total. The van der Waals surface area contributed by atoms with Crippen LogP contribution in [0.25, 0.3) is 6.08 Å². The van der Waals surface area contributed by atoms with Crippen LogP contribution in [0.4, 0.5) is 10.6 Å². The molecule has 0 bridgehead atoms. The summed E-state index contributed by atoms with van der Waals surface area (Å²) in [6, 6.07) is 10.9. The number of anilines is 1. The fraction of sp³-hybridized carbons (Fsp3) is 0.125. The van der Waals surface area contributed by atoms with Gasteiger partial charge in [0, 0.05) is 12.4 Å². The monoisotopic (exact) mass is 283 g/mol. The molecule has 0 unspecified atom stereocenters. The third kappa shape index (κ3) is 4.35. The molecule has 21 heavy (non-hydrogen) atoms. The smallest absolute Gasteiger partial charge is 0.324 e. The number of rotatable bonds is 4. The molecule has 1 aromatic heterocycles. The Morgan fingerprint density at radius 2 is 2.00 bits per heavy atom. The van der Waals surface area contributed by atoms with Crippen molar-refractivity contribution in [3.05, 3.63) is 59.9 Å². The average molecular weight is 283 g/mol. The number of benzene rings is 1. The van der Waals surface area contributed by atoms with E-state index >= 15 is 0 Å². The third-order valence-corrected chi connectivity index (χ3v) is 2.85. The predicted octanol–water partition coefficient (Wildman–Crippen LogP) is 3.19. The van der Waals surface area contributed by atoms with Gasteiger partial charge in [0.2, 0.25) is 0 Å². The first-order chi connectivity index (χ1) is 10.2. The highest BCUT2D eigenvalue weighted by atomic mass is 16.5. The molecule has 2 amide bonds. The first-order valence-electron chi connectivity index (χ1n) is 6.49. The molecule has 0 aliphatic rings. The standard InChI is InChI=1S/C16H17N3O2/c1-12-4-3-10-17-15(12)19-16(20)18-11-9-13-5-7-14(21-2)8-6-13/h3-11H,1-2H3,(H2,17,18,19,20)/b11-9+. The normalized spacial score (nSPS) is 10.4. The van der Waals surface area contributed by atoms with Crippen molar-refractivity contribution in [2.75, 3.05) is 12.4 Å². The van der Waals surface area contributed by atoms with E-state index in [9.17, 15) is 4.79 Å². The summed E-state index contributed by atoms with van der Waals surface area (Å²) in [6.45, 7) is 1.88. The molecule has 0 atom stereocenters. The van der Waals surface area contributed by atoms with Crippen LogP contribution in [0.3, 0.4) is 0 Å². The lowest BCUT2D eigenvalue weighted by Gasteiger charge is -2.06. The van der Waals surface area contributed by atoms with Gasteiger partial charge in [-0.25, -0.2) is 9.78 Å². The summed E-state index contributed by atoms with van der Waals surface area (Å²) in [5.74, 6) is 1.34. The molecule has 5 nitrogen and oxygen atoms in total. The molecular weight excluding hydrogens is 266 g/mol. The fourth-order valence-electron chi connectivity index (χ4n) is 1.69. The van der Waals surface area contributed by atoms with Gasteiger partial charge in [0.25, 0.3) is 0 Å². The van der Waals surface area contributed by atoms with Gasteiger partial charge in [-0.2, -0.15) is 0 Å². The SMILES string of the molecule is COc1ccc(/C=C/NC(=O)Nc2ncccc2C)cc1. The summed E-state index contributed by atoms with van der Waals surface area (Å²) in [4.78, 5) is 15.8. The molecule has 5 heteroatoms. The lowest BCUT2D eigenvalue weighted by atomic mass is 10.2. The van der Waals surface area contributed by atoms with Gasteiger partial charge >= 0.3 is 6.03 Å². The molecule has 2 aromatic rings. The molecule has 0 saturated heterocycles. The Balaban J connectivity index is 1.88. The van der Waals surface area contributed by atoms with Gasteiger partial charge in [-0.05, 0) is 42.3 Å². The van der Waals surface area contributed by atoms with Crippen molar-refractivity contribution in [1.82, 2.24) is 10.3 Å². The minimum atomic E-state index is -0.332. The van der Waals surface area contributed by atoms with Gasteiger partial charge in [-0.1, -0.05) is 18.2 Å². The number of aromatic nitrogens is 1. The maximum Gasteiger partial charge on any atom is 0.324 e. The van der Waals surface area contributed by atoms with E-state index in [2.05, 4.69) is 15.6 Å². The molecule has 0 fully saturated rings. The highest BCUT2D eigenvalue weighted by Crippen LogP contribution is 2.12. The zero-order chi connectivity index (χ0) is 15.1. The van der Waals surface area contributed by atoms with Crippen LogP contribution in [0.15, 0.2) is 48.8 Å². The third-order valence-electron chi connectivity index (χ3n) is 2.85. The van der Waals surface area contributed by atoms with Gasteiger partial charge in [0.15, 0.2) is 0 Å².